The highest BCUT2D eigenvalue weighted by atomic mass is 16.5. The fourth-order valence-electron chi connectivity index (χ4n) is 5.59. The van der Waals surface area contributed by atoms with Gasteiger partial charge in [-0.3, -0.25) is 14.4 Å². The maximum absolute atomic E-state index is 13.5. The summed E-state index contributed by atoms with van der Waals surface area (Å²) < 4.78 is 6.27. The summed E-state index contributed by atoms with van der Waals surface area (Å²) in [6.45, 7) is 9.68. The van der Waals surface area contributed by atoms with Gasteiger partial charge in [-0.1, -0.05) is 37.5 Å². The van der Waals surface area contributed by atoms with Gasteiger partial charge in [-0.05, 0) is 33.6 Å². The molecule has 2 N–H and O–H groups in total. The summed E-state index contributed by atoms with van der Waals surface area (Å²) in [4.78, 5) is 41.5. The summed E-state index contributed by atoms with van der Waals surface area (Å²) in [6, 6.07) is -0.660. The van der Waals surface area contributed by atoms with Crippen molar-refractivity contribution in [2.75, 3.05) is 6.54 Å². The molecule has 7 nitrogen and oxygen atoms in total. The molecule has 2 bridgehead atoms. The molecule has 0 unspecified atom stereocenters. The Labute approximate surface area is 178 Å². The minimum atomic E-state index is -1.10. The summed E-state index contributed by atoms with van der Waals surface area (Å²) in [5.41, 5.74) is -1.55. The van der Waals surface area contributed by atoms with Crippen molar-refractivity contribution in [1.82, 2.24) is 15.5 Å². The molecule has 7 heteroatoms. The Morgan fingerprint density at radius 1 is 1.27 bits per heavy atom. The Kier molecular flexibility index (Phi) is 5.29. The van der Waals surface area contributed by atoms with Gasteiger partial charge in [0.05, 0.1) is 17.9 Å². The smallest absolute Gasteiger partial charge is 0.246 e. The number of fused-ring (bicyclic) bond motifs is 1. The highest BCUT2D eigenvalue weighted by Gasteiger charge is 2.72. The van der Waals surface area contributed by atoms with E-state index in [0.717, 1.165) is 25.7 Å². The van der Waals surface area contributed by atoms with Crippen LogP contribution in [0.3, 0.4) is 0 Å². The second kappa shape index (κ2) is 7.52. The van der Waals surface area contributed by atoms with E-state index in [0.29, 0.717) is 0 Å². The van der Waals surface area contributed by atoms with Crippen LogP contribution in [0.5, 0.6) is 0 Å². The third-order valence-corrected chi connectivity index (χ3v) is 6.70. The van der Waals surface area contributed by atoms with E-state index >= 15 is 0 Å². The van der Waals surface area contributed by atoms with E-state index in [1.54, 1.807) is 6.08 Å². The molecule has 1 aliphatic carbocycles. The molecule has 0 aromatic carbocycles. The molecule has 0 aromatic rings. The van der Waals surface area contributed by atoms with Crippen molar-refractivity contribution < 1.29 is 19.1 Å². The molecule has 1 spiro atoms. The Hall–Kier alpha value is -2.15. The molecule has 3 amide bonds. The van der Waals surface area contributed by atoms with Gasteiger partial charge >= 0.3 is 0 Å². The first-order valence-electron chi connectivity index (χ1n) is 11.1. The third kappa shape index (κ3) is 3.37. The van der Waals surface area contributed by atoms with Gasteiger partial charge in [0, 0.05) is 18.1 Å². The summed E-state index contributed by atoms with van der Waals surface area (Å²) in [5.74, 6) is -1.90. The quantitative estimate of drug-likeness (QED) is 0.669. The SMILES string of the molecule is C=CCN1C(=O)[C@@H]2[C@@H](C(=O)NC3CCCCC3)[C@H]3C=C[C@@]2(O3)[C@H]1C(=O)NC(C)(C)C. The maximum atomic E-state index is 13.5. The molecule has 3 fully saturated rings. The predicted octanol–water partition coefficient (Wildman–Crippen LogP) is 1.69. The Balaban J connectivity index is 1.63. The average molecular weight is 416 g/mol. The Bertz CT molecular complexity index is 780. The first-order valence-corrected chi connectivity index (χ1v) is 11.1. The monoisotopic (exact) mass is 415 g/mol. The van der Waals surface area contributed by atoms with Crippen LogP contribution in [0.15, 0.2) is 24.8 Å². The lowest BCUT2D eigenvalue weighted by Crippen LogP contribution is -2.58. The van der Waals surface area contributed by atoms with Crippen molar-refractivity contribution in [2.45, 2.75) is 82.2 Å². The van der Waals surface area contributed by atoms with Crippen molar-refractivity contribution in [2.24, 2.45) is 11.8 Å². The largest absolute Gasteiger partial charge is 0.359 e. The van der Waals surface area contributed by atoms with Crippen LogP contribution in [0, 0.1) is 11.8 Å². The molecule has 0 aromatic heterocycles. The van der Waals surface area contributed by atoms with E-state index in [9.17, 15) is 14.4 Å². The molecular weight excluding hydrogens is 382 g/mol. The fraction of sp³-hybridized carbons (Fsp3) is 0.696. The molecule has 5 atom stereocenters. The van der Waals surface area contributed by atoms with Crippen LogP contribution in [0.4, 0.5) is 0 Å². The lowest BCUT2D eigenvalue weighted by atomic mass is 9.74. The second-order valence-electron chi connectivity index (χ2n) is 10.1. The van der Waals surface area contributed by atoms with Crippen LogP contribution >= 0.6 is 0 Å². The van der Waals surface area contributed by atoms with E-state index < -0.39 is 35.1 Å². The molecule has 3 aliphatic heterocycles. The third-order valence-electron chi connectivity index (χ3n) is 6.70. The first kappa shape index (κ1) is 21.1. The summed E-state index contributed by atoms with van der Waals surface area (Å²) in [6.07, 6.45) is 10.2. The number of hydrogen-bond donors (Lipinski definition) is 2. The Morgan fingerprint density at radius 3 is 2.60 bits per heavy atom. The predicted molar refractivity (Wildman–Crippen MR) is 112 cm³/mol. The molecule has 30 heavy (non-hydrogen) atoms. The molecule has 3 heterocycles. The van der Waals surface area contributed by atoms with Gasteiger partial charge < -0.3 is 20.3 Å². The molecular formula is C23H33N3O4. The highest BCUT2D eigenvalue weighted by Crippen LogP contribution is 2.55. The van der Waals surface area contributed by atoms with Crippen LogP contribution in [0.2, 0.25) is 0 Å². The number of carbonyl (C=O) groups excluding carboxylic acids is 3. The summed E-state index contributed by atoms with van der Waals surface area (Å²) in [7, 11) is 0. The van der Waals surface area contributed by atoms with Crippen LogP contribution in [-0.2, 0) is 19.1 Å². The summed E-state index contributed by atoms with van der Waals surface area (Å²) in [5, 5.41) is 6.15. The lowest BCUT2D eigenvalue weighted by Gasteiger charge is -2.34. The fourth-order valence-corrected chi connectivity index (χ4v) is 5.59. The van der Waals surface area contributed by atoms with Gasteiger partial charge in [-0.2, -0.15) is 0 Å². The zero-order valence-corrected chi connectivity index (χ0v) is 18.1. The van der Waals surface area contributed by atoms with Crippen molar-refractivity contribution in [3.8, 4) is 0 Å². The van der Waals surface area contributed by atoms with Crippen molar-refractivity contribution >= 4 is 17.7 Å². The van der Waals surface area contributed by atoms with Crippen molar-refractivity contribution in [3.05, 3.63) is 24.8 Å². The number of nitrogens with one attached hydrogen (secondary N) is 2. The first-order chi connectivity index (χ1) is 14.2. The van der Waals surface area contributed by atoms with Crippen molar-refractivity contribution in [3.63, 3.8) is 0 Å². The Morgan fingerprint density at radius 2 is 1.97 bits per heavy atom. The van der Waals surface area contributed by atoms with Gasteiger partial charge in [0.1, 0.15) is 11.6 Å². The number of likely N-dealkylation sites (tertiary alicyclic amines) is 1. The molecule has 1 saturated carbocycles. The highest BCUT2D eigenvalue weighted by molar-refractivity contribution is 6.00. The molecule has 4 aliphatic rings. The van der Waals surface area contributed by atoms with E-state index in [2.05, 4.69) is 17.2 Å². The topological polar surface area (TPSA) is 87.7 Å². The number of hydrogen-bond acceptors (Lipinski definition) is 4. The number of nitrogens with zero attached hydrogens (tertiary/aromatic N) is 1. The normalized spacial score (nSPS) is 35.4. The van der Waals surface area contributed by atoms with Crippen LogP contribution < -0.4 is 10.6 Å². The van der Waals surface area contributed by atoms with Gasteiger partial charge in [0.2, 0.25) is 17.7 Å². The zero-order valence-electron chi connectivity index (χ0n) is 18.1. The second-order valence-corrected chi connectivity index (χ2v) is 10.1. The molecule has 2 saturated heterocycles. The van der Waals surface area contributed by atoms with Gasteiger partial charge in [-0.25, -0.2) is 0 Å². The van der Waals surface area contributed by atoms with Crippen LogP contribution in [0.25, 0.3) is 0 Å². The molecule has 4 rings (SSSR count). The number of ether oxygens (including phenoxy) is 1. The lowest BCUT2D eigenvalue weighted by molar-refractivity contribution is -0.141. The molecule has 0 radical (unpaired) electrons. The average Bonchev–Trinajstić information content (AvgIpc) is 3.29. The van der Waals surface area contributed by atoms with Crippen LogP contribution in [0.1, 0.15) is 52.9 Å². The van der Waals surface area contributed by atoms with E-state index in [1.807, 2.05) is 32.9 Å². The van der Waals surface area contributed by atoms with E-state index in [4.69, 9.17) is 4.74 Å². The minimum Gasteiger partial charge on any atom is -0.359 e. The minimum absolute atomic E-state index is 0.132. The standard InChI is InChI=1S/C23H33N3O4/c1-5-13-26-18(20(28)25-22(2,3)4)23-12-11-15(30-23)16(17(23)21(26)29)19(27)24-14-9-7-6-8-10-14/h5,11-12,14-18H,1,6-10,13H2,2-4H3,(H,24,27)(H,25,28)/t15-,16+,17+,18-,23+/m1/s1. The van der Waals surface area contributed by atoms with Gasteiger partial charge in [0.15, 0.2) is 0 Å². The van der Waals surface area contributed by atoms with E-state index in [1.165, 1.54) is 11.3 Å². The number of carbonyl (C=O) groups is 3. The molecule has 164 valence electrons. The summed E-state index contributed by atoms with van der Waals surface area (Å²) >= 11 is 0. The zero-order chi connectivity index (χ0) is 21.7. The van der Waals surface area contributed by atoms with Crippen LogP contribution in [-0.4, -0.2) is 58.5 Å². The van der Waals surface area contributed by atoms with Crippen molar-refractivity contribution in [1.29, 1.82) is 0 Å². The number of rotatable bonds is 5. The van der Waals surface area contributed by atoms with E-state index in [-0.39, 0.29) is 30.3 Å². The van der Waals surface area contributed by atoms with Gasteiger partial charge in [-0.15, -0.1) is 6.58 Å². The maximum Gasteiger partial charge on any atom is 0.246 e. The number of amides is 3. The van der Waals surface area contributed by atoms with Gasteiger partial charge in [0.25, 0.3) is 0 Å².